The van der Waals surface area contributed by atoms with Gasteiger partial charge in [0.2, 0.25) is 0 Å². The van der Waals surface area contributed by atoms with Gasteiger partial charge in [-0.3, -0.25) is 0 Å². The standard InChI is InChI=1S/C15H21ClO/c1-10-7-8-14(17-3)13(9-10)15(16)12-6-4-5-11(12)2/h7-9,11-12,15H,4-6H2,1-3H3. The third kappa shape index (κ3) is 2.60. The molecule has 1 fully saturated rings. The van der Waals surface area contributed by atoms with Crippen LogP contribution < -0.4 is 4.74 Å². The van der Waals surface area contributed by atoms with E-state index in [9.17, 15) is 0 Å². The Balaban J connectivity index is 2.28. The van der Waals surface area contributed by atoms with Crippen molar-refractivity contribution >= 4 is 11.6 Å². The molecule has 0 amide bonds. The van der Waals surface area contributed by atoms with Gasteiger partial charge in [0.15, 0.2) is 0 Å². The number of hydrogen-bond donors (Lipinski definition) is 0. The summed E-state index contributed by atoms with van der Waals surface area (Å²) < 4.78 is 5.43. The van der Waals surface area contributed by atoms with Crippen LogP contribution >= 0.6 is 11.6 Å². The minimum atomic E-state index is 0.0855. The molecule has 0 bridgehead atoms. The van der Waals surface area contributed by atoms with Gasteiger partial charge in [0.1, 0.15) is 5.75 Å². The van der Waals surface area contributed by atoms with Crippen LogP contribution in [-0.4, -0.2) is 7.11 Å². The fourth-order valence-electron chi connectivity index (χ4n) is 2.91. The van der Waals surface area contributed by atoms with Gasteiger partial charge in [-0.2, -0.15) is 0 Å². The molecule has 2 rings (SSSR count). The molecule has 2 heteroatoms. The van der Waals surface area contributed by atoms with Crippen molar-refractivity contribution < 1.29 is 4.74 Å². The van der Waals surface area contributed by atoms with Crippen molar-refractivity contribution in [1.82, 2.24) is 0 Å². The van der Waals surface area contributed by atoms with E-state index in [1.165, 1.54) is 24.8 Å². The molecule has 94 valence electrons. The fourth-order valence-corrected chi connectivity index (χ4v) is 3.45. The highest BCUT2D eigenvalue weighted by molar-refractivity contribution is 6.21. The topological polar surface area (TPSA) is 9.23 Å². The zero-order valence-corrected chi connectivity index (χ0v) is 11.6. The molecule has 0 radical (unpaired) electrons. The highest BCUT2D eigenvalue weighted by atomic mass is 35.5. The average molecular weight is 253 g/mol. The van der Waals surface area contributed by atoms with Crippen molar-refractivity contribution in [3.8, 4) is 5.75 Å². The lowest BCUT2D eigenvalue weighted by Crippen LogP contribution is -2.12. The van der Waals surface area contributed by atoms with Crippen molar-refractivity contribution in [3.05, 3.63) is 29.3 Å². The number of benzene rings is 1. The van der Waals surface area contributed by atoms with Crippen molar-refractivity contribution in [2.24, 2.45) is 11.8 Å². The van der Waals surface area contributed by atoms with Gasteiger partial charge < -0.3 is 4.74 Å². The fraction of sp³-hybridized carbons (Fsp3) is 0.600. The highest BCUT2D eigenvalue weighted by Gasteiger charge is 2.32. The van der Waals surface area contributed by atoms with Crippen LogP contribution in [0, 0.1) is 18.8 Å². The van der Waals surface area contributed by atoms with Gasteiger partial charge in [0.25, 0.3) is 0 Å². The third-order valence-electron chi connectivity index (χ3n) is 3.99. The number of alkyl halides is 1. The summed E-state index contributed by atoms with van der Waals surface area (Å²) in [5.41, 5.74) is 2.41. The summed E-state index contributed by atoms with van der Waals surface area (Å²) in [5, 5.41) is 0.0855. The van der Waals surface area contributed by atoms with Crippen LogP contribution in [-0.2, 0) is 0 Å². The number of hydrogen-bond acceptors (Lipinski definition) is 1. The minimum absolute atomic E-state index is 0.0855. The number of halogens is 1. The van der Waals surface area contributed by atoms with E-state index in [-0.39, 0.29) is 5.38 Å². The van der Waals surface area contributed by atoms with Crippen LogP contribution in [0.4, 0.5) is 0 Å². The molecular weight excluding hydrogens is 232 g/mol. The summed E-state index contributed by atoms with van der Waals surface area (Å²) in [6.07, 6.45) is 3.86. The van der Waals surface area contributed by atoms with Crippen LogP contribution in [0.1, 0.15) is 42.7 Å². The van der Waals surface area contributed by atoms with Crippen LogP contribution in [0.3, 0.4) is 0 Å². The summed E-state index contributed by atoms with van der Waals surface area (Å²) in [7, 11) is 1.72. The maximum absolute atomic E-state index is 6.68. The molecule has 1 aliphatic rings. The zero-order valence-electron chi connectivity index (χ0n) is 10.9. The van der Waals surface area contributed by atoms with Gasteiger partial charge in [-0.25, -0.2) is 0 Å². The third-order valence-corrected chi connectivity index (χ3v) is 4.54. The zero-order chi connectivity index (χ0) is 12.4. The van der Waals surface area contributed by atoms with E-state index in [1.54, 1.807) is 7.11 Å². The summed E-state index contributed by atoms with van der Waals surface area (Å²) in [6, 6.07) is 6.27. The minimum Gasteiger partial charge on any atom is -0.496 e. The molecule has 3 atom stereocenters. The van der Waals surface area contributed by atoms with Gasteiger partial charge in [-0.15, -0.1) is 11.6 Å². The number of aryl methyl sites for hydroxylation is 1. The van der Waals surface area contributed by atoms with Gasteiger partial charge in [0.05, 0.1) is 12.5 Å². The Morgan fingerprint density at radius 3 is 2.71 bits per heavy atom. The molecule has 17 heavy (non-hydrogen) atoms. The van der Waals surface area contributed by atoms with Gasteiger partial charge >= 0.3 is 0 Å². The van der Waals surface area contributed by atoms with Crippen LogP contribution in [0.2, 0.25) is 0 Å². The van der Waals surface area contributed by atoms with E-state index in [1.807, 2.05) is 6.07 Å². The first-order valence-corrected chi connectivity index (χ1v) is 6.85. The van der Waals surface area contributed by atoms with Crippen molar-refractivity contribution in [2.45, 2.75) is 38.5 Å². The Hall–Kier alpha value is -0.690. The van der Waals surface area contributed by atoms with Crippen LogP contribution in [0.25, 0.3) is 0 Å². The normalized spacial score (nSPS) is 25.9. The predicted octanol–water partition coefficient (Wildman–Crippen LogP) is 4.72. The van der Waals surface area contributed by atoms with Gasteiger partial charge in [-0.1, -0.05) is 37.5 Å². The molecular formula is C15H21ClO. The molecule has 1 aliphatic carbocycles. The number of methoxy groups -OCH3 is 1. The summed E-state index contributed by atoms with van der Waals surface area (Å²) >= 11 is 6.68. The Morgan fingerprint density at radius 2 is 2.12 bits per heavy atom. The van der Waals surface area contributed by atoms with Gasteiger partial charge in [-0.05, 0) is 31.2 Å². The summed E-state index contributed by atoms with van der Waals surface area (Å²) in [6.45, 7) is 4.42. The SMILES string of the molecule is COc1ccc(C)cc1C(Cl)C1CCCC1C. The molecule has 1 aromatic carbocycles. The molecule has 0 saturated heterocycles. The first kappa shape index (κ1) is 12.8. The summed E-state index contributed by atoms with van der Waals surface area (Å²) in [5.74, 6) is 2.24. The Bertz CT molecular complexity index is 389. The Labute approximate surface area is 109 Å². The molecule has 0 aliphatic heterocycles. The molecule has 0 heterocycles. The van der Waals surface area contributed by atoms with Crippen molar-refractivity contribution in [3.63, 3.8) is 0 Å². The van der Waals surface area contributed by atoms with Crippen molar-refractivity contribution in [2.75, 3.05) is 7.11 Å². The summed E-state index contributed by atoms with van der Waals surface area (Å²) in [4.78, 5) is 0. The molecule has 3 unspecified atom stereocenters. The van der Waals surface area contributed by atoms with Gasteiger partial charge in [0, 0.05) is 5.56 Å². The molecule has 0 spiro atoms. The van der Waals surface area contributed by atoms with Crippen molar-refractivity contribution in [1.29, 1.82) is 0 Å². The maximum Gasteiger partial charge on any atom is 0.123 e. The first-order valence-electron chi connectivity index (χ1n) is 6.42. The molecule has 1 aromatic rings. The smallest absolute Gasteiger partial charge is 0.123 e. The lowest BCUT2D eigenvalue weighted by molar-refractivity contribution is 0.379. The maximum atomic E-state index is 6.68. The van der Waals surface area contributed by atoms with Crippen LogP contribution in [0.15, 0.2) is 18.2 Å². The van der Waals surface area contributed by atoms with E-state index < -0.39 is 0 Å². The van der Waals surface area contributed by atoms with E-state index >= 15 is 0 Å². The Morgan fingerprint density at radius 1 is 1.35 bits per heavy atom. The largest absolute Gasteiger partial charge is 0.496 e. The van der Waals surface area contributed by atoms with E-state index in [0.717, 1.165) is 17.2 Å². The molecule has 1 saturated carbocycles. The predicted molar refractivity (Wildman–Crippen MR) is 72.8 cm³/mol. The lowest BCUT2D eigenvalue weighted by Gasteiger charge is -2.23. The van der Waals surface area contributed by atoms with E-state index in [2.05, 4.69) is 26.0 Å². The quantitative estimate of drug-likeness (QED) is 0.708. The van der Waals surface area contributed by atoms with Crippen LogP contribution in [0.5, 0.6) is 5.75 Å². The molecule has 1 nitrogen and oxygen atoms in total. The lowest BCUT2D eigenvalue weighted by atomic mass is 9.89. The number of ether oxygens (including phenoxy) is 1. The highest BCUT2D eigenvalue weighted by Crippen LogP contribution is 2.45. The molecule has 0 aromatic heterocycles. The van der Waals surface area contributed by atoms with E-state index in [4.69, 9.17) is 16.3 Å². The monoisotopic (exact) mass is 252 g/mol. The second kappa shape index (κ2) is 5.30. The number of rotatable bonds is 3. The molecule has 0 N–H and O–H groups in total. The second-order valence-electron chi connectivity index (χ2n) is 5.22. The first-order chi connectivity index (χ1) is 8.13. The second-order valence-corrected chi connectivity index (χ2v) is 5.69. The Kier molecular flexibility index (Phi) is 3.98. The average Bonchev–Trinajstić information content (AvgIpc) is 2.74. The van der Waals surface area contributed by atoms with E-state index in [0.29, 0.717) is 5.92 Å².